The number of methoxy groups -OCH3 is 2. The summed E-state index contributed by atoms with van der Waals surface area (Å²) >= 11 is 0. The molecule has 2 aromatic carbocycles. The minimum Gasteiger partial charge on any atom is -0.497 e. The average molecular weight is 460 g/mol. The van der Waals surface area contributed by atoms with Crippen molar-refractivity contribution in [3.8, 4) is 17.2 Å². The molecule has 0 atom stereocenters. The number of benzene rings is 2. The van der Waals surface area contributed by atoms with Crippen LogP contribution in [0.4, 0.5) is 5.69 Å². The molecule has 8 heteroatoms. The number of hydrogen-bond acceptors (Lipinski definition) is 7. The van der Waals surface area contributed by atoms with Gasteiger partial charge in [0.1, 0.15) is 22.9 Å². The Morgan fingerprint density at radius 2 is 1.68 bits per heavy atom. The van der Waals surface area contributed by atoms with Crippen LogP contribution >= 0.6 is 0 Å². The van der Waals surface area contributed by atoms with Crippen LogP contribution in [0.1, 0.15) is 18.2 Å². The predicted octanol–water partition coefficient (Wildman–Crippen LogP) is 3.89. The number of imide groups is 1. The van der Waals surface area contributed by atoms with Crippen LogP contribution in [0.25, 0.3) is 5.57 Å². The van der Waals surface area contributed by atoms with E-state index < -0.39 is 11.8 Å². The highest BCUT2D eigenvalue weighted by Crippen LogP contribution is 2.36. The molecule has 3 aromatic rings. The van der Waals surface area contributed by atoms with Crippen molar-refractivity contribution in [2.45, 2.75) is 13.5 Å². The number of nitrogens with one attached hydrogen (secondary N) is 1. The van der Waals surface area contributed by atoms with Crippen molar-refractivity contribution < 1.29 is 23.8 Å². The molecule has 0 unspecified atom stereocenters. The normalized spacial score (nSPS) is 13.3. The number of carbonyl (C=O) groups is 2. The monoisotopic (exact) mass is 459 g/mol. The third-order valence-corrected chi connectivity index (χ3v) is 5.33. The second kappa shape index (κ2) is 10.1. The van der Waals surface area contributed by atoms with Crippen molar-refractivity contribution in [3.63, 3.8) is 0 Å². The van der Waals surface area contributed by atoms with E-state index in [2.05, 4.69) is 10.3 Å². The van der Waals surface area contributed by atoms with E-state index in [0.717, 1.165) is 0 Å². The lowest BCUT2D eigenvalue weighted by Gasteiger charge is -2.16. The molecule has 1 aliphatic rings. The van der Waals surface area contributed by atoms with Crippen molar-refractivity contribution in [1.82, 2.24) is 9.88 Å². The number of pyridine rings is 1. The van der Waals surface area contributed by atoms with E-state index >= 15 is 0 Å². The highest BCUT2D eigenvalue weighted by Gasteiger charge is 2.39. The molecule has 2 heterocycles. The first-order chi connectivity index (χ1) is 16.5. The standard InChI is InChI=1S/C26H25N3O5/c1-4-34-19-10-8-17(9-11-19)23-24(28-21-15-20(32-2)12-13-22(21)33-3)26(31)29(25(23)30)16-18-7-5-6-14-27-18/h5-15,28H,4,16H2,1-3H3. The minimum absolute atomic E-state index is 0.0550. The van der Waals surface area contributed by atoms with Gasteiger partial charge in [-0.2, -0.15) is 0 Å². The summed E-state index contributed by atoms with van der Waals surface area (Å²) in [5.74, 6) is 0.892. The Kier molecular flexibility index (Phi) is 6.77. The maximum absolute atomic E-state index is 13.5. The summed E-state index contributed by atoms with van der Waals surface area (Å²) in [4.78, 5) is 32.4. The van der Waals surface area contributed by atoms with Crippen LogP contribution in [-0.2, 0) is 16.1 Å². The molecule has 174 valence electrons. The molecule has 0 radical (unpaired) electrons. The molecule has 0 saturated heterocycles. The maximum atomic E-state index is 13.5. The van der Waals surface area contributed by atoms with Gasteiger partial charge in [-0.1, -0.05) is 18.2 Å². The molecule has 0 spiro atoms. The Bertz CT molecular complexity index is 1220. The number of anilines is 1. The molecule has 0 saturated carbocycles. The molecule has 1 aromatic heterocycles. The first-order valence-electron chi connectivity index (χ1n) is 10.8. The van der Waals surface area contributed by atoms with Gasteiger partial charge in [0.2, 0.25) is 0 Å². The van der Waals surface area contributed by atoms with E-state index in [-0.39, 0.29) is 17.8 Å². The fourth-order valence-corrected chi connectivity index (χ4v) is 3.69. The molecule has 0 fully saturated rings. The van der Waals surface area contributed by atoms with Crippen molar-refractivity contribution in [2.24, 2.45) is 0 Å². The molecule has 34 heavy (non-hydrogen) atoms. The number of carbonyl (C=O) groups excluding carboxylic acids is 2. The van der Waals surface area contributed by atoms with Gasteiger partial charge in [0.15, 0.2) is 0 Å². The van der Waals surface area contributed by atoms with Crippen molar-refractivity contribution in [3.05, 3.63) is 83.8 Å². The van der Waals surface area contributed by atoms with Crippen LogP contribution in [0.5, 0.6) is 17.2 Å². The van der Waals surface area contributed by atoms with E-state index in [0.29, 0.717) is 40.8 Å². The zero-order chi connectivity index (χ0) is 24.1. The molecule has 1 aliphatic heterocycles. The van der Waals surface area contributed by atoms with Crippen LogP contribution in [-0.4, -0.2) is 42.5 Å². The van der Waals surface area contributed by atoms with Crippen LogP contribution in [0.2, 0.25) is 0 Å². The molecule has 2 amide bonds. The van der Waals surface area contributed by atoms with E-state index in [1.54, 1.807) is 67.9 Å². The SMILES string of the molecule is CCOc1ccc(C2=C(Nc3cc(OC)ccc3OC)C(=O)N(Cc3ccccn3)C2=O)cc1. The number of nitrogens with zero attached hydrogens (tertiary/aromatic N) is 2. The topological polar surface area (TPSA) is 90.0 Å². The van der Waals surface area contributed by atoms with Gasteiger partial charge in [0.05, 0.1) is 44.3 Å². The Morgan fingerprint density at radius 3 is 2.32 bits per heavy atom. The molecule has 0 aliphatic carbocycles. The predicted molar refractivity (Wildman–Crippen MR) is 127 cm³/mol. The average Bonchev–Trinajstić information content (AvgIpc) is 3.09. The van der Waals surface area contributed by atoms with Crippen LogP contribution in [0.3, 0.4) is 0 Å². The summed E-state index contributed by atoms with van der Waals surface area (Å²) in [6.07, 6.45) is 1.63. The summed E-state index contributed by atoms with van der Waals surface area (Å²) in [6.45, 7) is 2.48. The number of rotatable bonds is 9. The second-order valence-corrected chi connectivity index (χ2v) is 7.42. The van der Waals surface area contributed by atoms with Crippen LogP contribution < -0.4 is 19.5 Å². The van der Waals surface area contributed by atoms with Gasteiger partial charge in [0, 0.05) is 12.3 Å². The molecular formula is C26H25N3O5. The van der Waals surface area contributed by atoms with E-state index in [1.807, 2.05) is 13.0 Å². The first kappa shape index (κ1) is 22.8. The highest BCUT2D eigenvalue weighted by molar-refractivity contribution is 6.36. The first-order valence-corrected chi connectivity index (χ1v) is 10.8. The van der Waals surface area contributed by atoms with Crippen molar-refractivity contribution in [1.29, 1.82) is 0 Å². The van der Waals surface area contributed by atoms with Gasteiger partial charge >= 0.3 is 0 Å². The largest absolute Gasteiger partial charge is 0.497 e. The Hall–Kier alpha value is -4.33. The minimum atomic E-state index is -0.454. The zero-order valence-corrected chi connectivity index (χ0v) is 19.2. The fourth-order valence-electron chi connectivity index (χ4n) is 3.69. The Morgan fingerprint density at radius 1 is 0.912 bits per heavy atom. The summed E-state index contributed by atoms with van der Waals surface area (Å²) < 4.78 is 16.3. The van der Waals surface area contributed by atoms with Gasteiger partial charge in [-0.25, -0.2) is 0 Å². The zero-order valence-electron chi connectivity index (χ0n) is 19.2. The number of hydrogen-bond donors (Lipinski definition) is 1. The summed E-state index contributed by atoms with van der Waals surface area (Å²) in [7, 11) is 3.08. The lowest BCUT2D eigenvalue weighted by atomic mass is 10.0. The summed E-state index contributed by atoms with van der Waals surface area (Å²) in [5.41, 5.74) is 2.11. The fraction of sp³-hybridized carbons (Fsp3) is 0.192. The van der Waals surface area contributed by atoms with E-state index in [1.165, 1.54) is 12.0 Å². The highest BCUT2D eigenvalue weighted by atomic mass is 16.5. The number of aromatic nitrogens is 1. The second-order valence-electron chi connectivity index (χ2n) is 7.42. The lowest BCUT2D eigenvalue weighted by molar-refractivity contribution is -0.137. The van der Waals surface area contributed by atoms with Gasteiger partial charge in [0.25, 0.3) is 11.8 Å². The van der Waals surface area contributed by atoms with Crippen molar-refractivity contribution in [2.75, 3.05) is 26.1 Å². The van der Waals surface area contributed by atoms with Crippen LogP contribution in [0.15, 0.2) is 72.6 Å². The third-order valence-electron chi connectivity index (χ3n) is 5.33. The van der Waals surface area contributed by atoms with E-state index in [4.69, 9.17) is 14.2 Å². The quantitative estimate of drug-likeness (QED) is 0.486. The summed E-state index contributed by atoms with van der Waals surface area (Å²) in [6, 6.07) is 17.6. The number of ether oxygens (including phenoxy) is 3. The molecule has 4 rings (SSSR count). The van der Waals surface area contributed by atoms with Gasteiger partial charge < -0.3 is 19.5 Å². The van der Waals surface area contributed by atoms with E-state index in [9.17, 15) is 9.59 Å². The summed E-state index contributed by atoms with van der Waals surface area (Å²) in [5, 5.41) is 3.13. The van der Waals surface area contributed by atoms with Gasteiger partial charge in [-0.05, 0) is 48.9 Å². The third kappa shape index (κ3) is 4.56. The lowest BCUT2D eigenvalue weighted by Crippen LogP contribution is -2.32. The molecule has 0 bridgehead atoms. The van der Waals surface area contributed by atoms with Gasteiger partial charge in [-0.15, -0.1) is 0 Å². The molecule has 1 N–H and O–H groups in total. The Balaban J connectivity index is 1.77. The molecular weight excluding hydrogens is 434 g/mol. The maximum Gasteiger partial charge on any atom is 0.278 e. The molecule has 8 nitrogen and oxygen atoms in total. The number of amides is 2. The van der Waals surface area contributed by atoms with Gasteiger partial charge in [-0.3, -0.25) is 19.5 Å². The Labute approximate surface area is 197 Å². The van der Waals surface area contributed by atoms with Crippen molar-refractivity contribution >= 4 is 23.1 Å². The smallest absolute Gasteiger partial charge is 0.278 e. The van der Waals surface area contributed by atoms with Crippen LogP contribution in [0, 0.1) is 0 Å².